The van der Waals surface area contributed by atoms with Gasteiger partial charge in [-0.1, -0.05) is 42.5 Å². The van der Waals surface area contributed by atoms with E-state index < -0.39 is 5.91 Å². The molecule has 0 aromatic heterocycles. The number of nitrogens with zero attached hydrogens (tertiary/aromatic N) is 1. The lowest BCUT2D eigenvalue weighted by Gasteiger charge is -2.25. The molecule has 0 spiro atoms. The summed E-state index contributed by atoms with van der Waals surface area (Å²) < 4.78 is 0. The van der Waals surface area contributed by atoms with Gasteiger partial charge < -0.3 is 16.0 Å². The number of nitrogens with one attached hydrogen (secondary N) is 1. The van der Waals surface area contributed by atoms with Crippen LogP contribution >= 0.6 is 0 Å². The van der Waals surface area contributed by atoms with Gasteiger partial charge in [0.2, 0.25) is 17.7 Å². The fraction of sp³-hybridized carbons (Fsp3) is 0.286. The number of carbonyl (C=O) groups is 3. The van der Waals surface area contributed by atoms with Crippen LogP contribution in [0.2, 0.25) is 0 Å². The minimum atomic E-state index is -0.484. The molecule has 0 aliphatic carbocycles. The summed E-state index contributed by atoms with van der Waals surface area (Å²) in [7, 11) is 0. The van der Waals surface area contributed by atoms with E-state index in [0.717, 1.165) is 11.1 Å². The van der Waals surface area contributed by atoms with E-state index in [2.05, 4.69) is 5.32 Å². The van der Waals surface area contributed by atoms with Crippen molar-refractivity contribution in [3.63, 3.8) is 0 Å². The number of hydrogen-bond donors (Lipinski definition) is 2. The van der Waals surface area contributed by atoms with E-state index in [0.29, 0.717) is 18.7 Å². The highest BCUT2D eigenvalue weighted by molar-refractivity contribution is 5.92. The second-order valence-corrected chi connectivity index (χ2v) is 6.81. The van der Waals surface area contributed by atoms with Crippen molar-refractivity contribution in [3.05, 3.63) is 71.3 Å². The summed E-state index contributed by atoms with van der Waals surface area (Å²) in [6, 6.07) is 16.5. The van der Waals surface area contributed by atoms with Gasteiger partial charge in [-0.15, -0.1) is 0 Å². The summed E-state index contributed by atoms with van der Waals surface area (Å²) in [6.45, 7) is 2.74. The third-order valence-electron chi connectivity index (χ3n) is 4.98. The Hall–Kier alpha value is -3.15. The van der Waals surface area contributed by atoms with Crippen molar-refractivity contribution < 1.29 is 14.4 Å². The number of amides is 3. The summed E-state index contributed by atoms with van der Waals surface area (Å²) in [5.41, 5.74) is 7.57. The molecular formula is C21H23N3O3. The summed E-state index contributed by atoms with van der Waals surface area (Å²) in [4.78, 5) is 37.7. The van der Waals surface area contributed by atoms with Crippen LogP contribution in [0.1, 0.15) is 40.9 Å². The van der Waals surface area contributed by atoms with Gasteiger partial charge in [0.15, 0.2) is 0 Å². The SMILES string of the molecule is CC(c1ccccc1)N1CC(C(=O)NCc2ccc(C(N)=O)cc2)CC1=O. The minimum Gasteiger partial charge on any atom is -0.366 e. The Morgan fingerprint density at radius 1 is 1.15 bits per heavy atom. The molecule has 2 aromatic carbocycles. The van der Waals surface area contributed by atoms with Crippen molar-refractivity contribution in [2.45, 2.75) is 25.9 Å². The zero-order chi connectivity index (χ0) is 19.4. The predicted octanol–water partition coefficient (Wildman–Crippen LogP) is 2.01. The lowest BCUT2D eigenvalue weighted by Crippen LogP contribution is -2.33. The molecule has 6 heteroatoms. The van der Waals surface area contributed by atoms with Gasteiger partial charge in [0, 0.05) is 25.1 Å². The Morgan fingerprint density at radius 2 is 1.81 bits per heavy atom. The first-order valence-electron chi connectivity index (χ1n) is 8.96. The third-order valence-corrected chi connectivity index (χ3v) is 4.98. The number of primary amides is 1. The fourth-order valence-electron chi connectivity index (χ4n) is 3.31. The molecule has 0 saturated carbocycles. The number of benzene rings is 2. The molecule has 1 fully saturated rings. The molecule has 3 N–H and O–H groups in total. The summed E-state index contributed by atoms with van der Waals surface area (Å²) in [6.07, 6.45) is 0.226. The molecule has 140 valence electrons. The first-order chi connectivity index (χ1) is 13.0. The van der Waals surface area contributed by atoms with Crippen LogP contribution in [-0.2, 0) is 16.1 Å². The van der Waals surface area contributed by atoms with Crippen LogP contribution in [0.25, 0.3) is 0 Å². The molecule has 27 heavy (non-hydrogen) atoms. The lowest BCUT2D eigenvalue weighted by atomic mass is 10.1. The molecule has 2 unspecified atom stereocenters. The molecule has 0 radical (unpaired) electrons. The van der Waals surface area contributed by atoms with E-state index >= 15 is 0 Å². The molecule has 1 heterocycles. The molecule has 3 amide bonds. The van der Waals surface area contributed by atoms with Gasteiger partial charge in [-0.2, -0.15) is 0 Å². The van der Waals surface area contributed by atoms with Gasteiger partial charge in [-0.25, -0.2) is 0 Å². The highest BCUT2D eigenvalue weighted by Crippen LogP contribution is 2.28. The highest BCUT2D eigenvalue weighted by atomic mass is 16.2. The number of rotatable bonds is 6. The van der Waals surface area contributed by atoms with Gasteiger partial charge in [-0.05, 0) is 30.2 Å². The maximum atomic E-state index is 12.5. The summed E-state index contributed by atoms with van der Waals surface area (Å²) in [5.74, 6) is -0.973. The molecular weight excluding hydrogens is 342 g/mol. The van der Waals surface area contributed by atoms with Crippen LogP contribution in [0.5, 0.6) is 0 Å². The Labute approximate surface area is 158 Å². The van der Waals surface area contributed by atoms with Gasteiger partial charge in [0.1, 0.15) is 0 Å². The molecule has 2 aromatic rings. The molecule has 3 rings (SSSR count). The van der Waals surface area contributed by atoms with Crippen molar-refractivity contribution in [1.82, 2.24) is 10.2 Å². The monoisotopic (exact) mass is 365 g/mol. The first kappa shape index (κ1) is 18.6. The quantitative estimate of drug-likeness (QED) is 0.820. The van der Waals surface area contributed by atoms with Crippen LogP contribution in [-0.4, -0.2) is 29.2 Å². The molecule has 2 atom stereocenters. The van der Waals surface area contributed by atoms with Crippen molar-refractivity contribution in [3.8, 4) is 0 Å². The van der Waals surface area contributed by atoms with E-state index in [4.69, 9.17) is 5.73 Å². The number of hydrogen-bond acceptors (Lipinski definition) is 3. The summed E-state index contributed by atoms with van der Waals surface area (Å²) in [5, 5.41) is 2.88. The topological polar surface area (TPSA) is 92.5 Å². The van der Waals surface area contributed by atoms with E-state index in [9.17, 15) is 14.4 Å². The van der Waals surface area contributed by atoms with Crippen molar-refractivity contribution in [2.75, 3.05) is 6.54 Å². The van der Waals surface area contributed by atoms with E-state index in [-0.39, 0.29) is 30.2 Å². The lowest BCUT2D eigenvalue weighted by molar-refractivity contribution is -0.130. The Bertz CT molecular complexity index is 834. The van der Waals surface area contributed by atoms with Crippen LogP contribution < -0.4 is 11.1 Å². The highest BCUT2D eigenvalue weighted by Gasteiger charge is 2.36. The number of carbonyl (C=O) groups excluding carboxylic acids is 3. The van der Waals surface area contributed by atoms with Crippen LogP contribution in [0, 0.1) is 5.92 Å². The largest absolute Gasteiger partial charge is 0.366 e. The fourth-order valence-corrected chi connectivity index (χ4v) is 3.31. The van der Waals surface area contributed by atoms with Gasteiger partial charge in [0.05, 0.1) is 12.0 Å². The van der Waals surface area contributed by atoms with Crippen molar-refractivity contribution >= 4 is 17.7 Å². The molecule has 0 bridgehead atoms. The molecule has 6 nitrogen and oxygen atoms in total. The third kappa shape index (κ3) is 4.34. The van der Waals surface area contributed by atoms with Gasteiger partial charge >= 0.3 is 0 Å². The average Bonchev–Trinajstić information content (AvgIpc) is 3.08. The average molecular weight is 365 g/mol. The van der Waals surface area contributed by atoms with Gasteiger partial charge in [0.25, 0.3) is 0 Å². The van der Waals surface area contributed by atoms with E-state index in [1.54, 1.807) is 29.2 Å². The molecule has 1 aliphatic rings. The van der Waals surface area contributed by atoms with Gasteiger partial charge in [-0.3, -0.25) is 14.4 Å². The zero-order valence-corrected chi connectivity index (χ0v) is 15.2. The maximum absolute atomic E-state index is 12.5. The maximum Gasteiger partial charge on any atom is 0.248 e. The van der Waals surface area contributed by atoms with Crippen molar-refractivity contribution in [1.29, 1.82) is 0 Å². The van der Waals surface area contributed by atoms with Crippen molar-refractivity contribution in [2.24, 2.45) is 11.7 Å². The van der Waals surface area contributed by atoms with E-state index in [1.807, 2.05) is 37.3 Å². The Morgan fingerprint density at radius 3 is 2.44 bits per heavy atom. The van der Waals surface area contributed by atoms with Crippen LogP contribution in [0.4, 0.5) is 0 Å². The standard InChI is InChI=1S/C21H23N3O3/c1-14(16-5-3-2-4-6-16)24-13-18(11-19(24)25)21(27)23-12-15-7-9-17(10-8-15)20(22)26/h2-10,14,18H,11-13H2,1H3,(H2,22,26)(H,23,27). The summed E-state index contributed by atoms with van der Waals surface area (Å²) >= 11 is 0. The molecule has 1 aliphatic heterocycles. The van der Waals surface area contributed by atoms with Crippen LogP contribution in [0.15, 0.2) is 54.6 Å². The Kier molecular flexibility index (Phi) is 5.54. The second-order valence-electron chi connectivity index (χ2n) is 6.81. The zero-order valence-electron chi connectivity index (χ0n) is 15.2. The predicted molar refractivity (Wildman–Crippen MR) is 101 cm³/mol. The second kappa shape index (κ2) is 8.03. The minimum absolute atomic E-state index is 0.00249. The molecule has 1 saturated heterocycles. The van der Waals surface area contributed by atoms with E-state index in [1.165, 1.54) is 0 Å². The Balaban J connectivity index is 1.56. The number of nitrogens with two attached hydrogens (primary N) is 1. The van der Waals surface area contributed by atoms with Crippen LogP contribution in [0.3, 0.4) is 0 Å². The number of likely N-dealkylation sites (tertiary alicyclic amines) is 1. The normalized spacial score (nSPS) is 17.6. The first-order valence-corrected chi connectivity index (χ1v) is 8.96. The smallest absolute Gasteiger partial charge is 0.248 e.